The van der Waals surface area contributed by atoms with Crippen molar-refractivity contribution in [1.29, 1.82) is 0 Å². The normalized spacial score (nSPS) is 15.5. The Bertz CT molecular complexity index is 1160. The summed E-state index contributed by atoms with van der Waals surface area (Å²) in [5, 5.41) is 1.91. The second-order valence-electron chi connectivity index (χ2n) is 7.59. The molecule has 0 bridgehead atoms. The summed E-state index contributed by atoms with van der Waals surface area (Å²) in [7, 11) is 1.28. The van der Waals surface area contributed by atoms with Gasteiger partial charge in [-0.05, 0) is 41.3 Å². The molecule has 1 aromatic heterocycles. The molecule has 4 rings (SSSR count). The molecule has 8 heteroatoms. The number of carbonyl (C=O) groups excluding carboxylic acids is 4. The van der Waals surface area contributed by atoms with E-state index in [4.69, 9.17) is 0 Å². The van der Waals surface area contributed by atoms with E-state index in [-0.39, 0.29) is 31.2 Å². The van der Waals surface area contributed by atoms with Crippen LogP contribution in [0.4, 0.5) is 5.69 Å². The minimum absolute atomic E-state index is 0.0938. The minimum atomic E-state index is -0.893. The maximum atomic E-state index is 13.3. The molecule has 0 radical (unpaired) electrons. The monoisotopic (exact) mass is 462 g/mol. The number of esters is 1. The summed E-state index contributed by atoms with van der Waals surface area (Å²) in [6.45, 7) is 0.252. The molecule has 0 N–H and O–H groups in total. The van der Waals surface area contributed by atoms with Crippen LogP contribution in [0, 0.1) is 0 Å². The topological polar surface area (TPSA) is 84.0 Å². The summed E-state index contributed by atoms with van der Waals surface area (Å²) in [6, 6.07) is 18.3. The van der Waals surface area contributed by atoms with Crippen LogP contribution in [-0.2, 0) is 32.1 Å². The minimum Gasteiger partial charge on any atom is -0.465 e. The molecule has 2 heterocycles. The first-order valence-electron chi connectivity index (χ1n) is 10.4. The van der Waals surface area contributed by atoms with Gasteiger partial charge < -0.3 is 9.64 Å². The number of ether oxygens (including phenoxy) is 1. The Kier molecular flexibility index (Phi) is 6.65. The number of nitrogens with zero attached hydrogens (tertiary/aromatic N) is 2. The molecular weight excluding hydrogens is 440 g/mol. The fourth-order valence-electron chi connectivity index (χ4n) is 3.81. The molecule has 7 nitrogen and oxygen atoms in total. The van der Waals surface area contributed by atoms with Crippen molar-refractivity contribution < 1.29 is 23.9 Å². The fourth-order valence-corrected chi connectivity index (χ4v) is 4.51. The van der Waals surface area contributed by atoms with Gasteiger partial charge in [0, 0.05) is 4.88 Å². The molecule has 33 heavy (non-hydrogen) atoms. The highest BCUT2D eigenvalue weighted by Crippen LogP contribution is 2.28. The van der Waals surface area contributed by atoms with Crippen LogP contribution < -0.4 is 4.90 Å². The number of methoxy groups -OCH3 is 1. The number of anilines is 1. The van der Waals surface area contributed by atoms with Crippen molar-refractivity contribution in [2.75, 3.05) is 12.0 Å². The largest absolute Gasteiger partial charge is 0.465 e. The Morgan fingerprint density at radius 1 is 1.03 bits per heavy atom. The number of hydrogen-bond donors (Lipinski definition) is 0. The lowest BCUT2D eigenvalue weighted by Crippen LogP contribution is -2.45. The summed E-state index contributed by atoms with van der Waals surface area (Å²) in [6.07, 6.45) is 0.0432. The van der Waals surface area contributed by atoms with Crippen LogP contribution in [0.3, 0.4) is 0 Å². The molecule has 168 valence electrons. The van der Waals surface area contributed by atoms with Crippen molar-refractivity contribution in [3.8, 4) is 0 Å². The molecule has 3 amide bonds. The van der Waals surface area contributed by atoms with Crippen molar-refractivity contribution in [3.63, 3.8) is 0 Å². The van der Waals surface area contributed by atoms with Crippen molar-refractivity contribution in [1.82, 2.24) is 4.90 Å². The lowest BCUT2D eigenvalue weighted by molar-refractivity contribution is -0.138. The molecule has 2 aromatic carbocycles. The number of carbonyl (C=O) groups is 4. The van der Waals surface area contributed by atoms with E-state index >= 15 is 0 Å². The predicted molar refractivity (Wildman–Crippen MR) is 124 cm³/mol. The highest BCUT2D eigenvalue weighted by atomic mass is 32.1. The Labute approximate surface area is 195 Å². The third-order valence-electron chi connectivity index (χ3n) is 5.47. The Balaban J connectivity index is 1.59. The van der Waals surface area contributed by atoms with Gasteiger partial charge in [0.2, 0.25) is 11.8 Å². The molecule has 1 unspecified atom stereocenters. The summed E-state index contributed by atoms with van der Waals surface area (Å²) < 4.78 is 4.69. The third kappa shape index (κ3) is 4.85. The van der Waals surface area contributed by atoms with Crippen LogP contribution in [0.2, 0.25) is 0 Å². The predicted octanol–water partition coefficient (Wildman–Crippen LogP) is 3.44. The maximum absolute atomic E-state index is 13.3. The SMILES string of the molecule is COC(=O)c1ccc(N2C(=O)CC(N(Cc3cccs3)C(=O)Cc3ccccc3)C2=O)cc1. The van der Waals surface area contributed by atoms with Gasteiger partial charge in [0.1, 0.15) is 6.04 Å². The van der Waals surface area contributed by atoms with Crippen LogP contribution in [0.5, 0.6) is 0 Å². The van der Waals surface area contributed by atoms with Crippen molar-refractivity contribution in [2.24, 2.45) is 0 Å². The lowest BCUT2D eigenvalue weighted by atomic mass is 10.1. The number of amides is 3. The molecule has 1 aliphatic heterocycles. The number of imide groups is 1. The van der Waals surface area contributed by atoms with E-state index in [1.54, 1.807) is 0 Å². The lowest BCUT2D eigenvalue weighted by Gasteiger charge is -2.27. The number of benzene rings is 2. The van der Waals surface area contributed by atoms with Crippen molar-refractivity contribution in [3.05, 3.63) is 88.1 Å². The zero-order valence-electron chi connectivity index (χ0n) is 18.0. The molecule has 0 aliphatic carbocycles. The van der Waals surface area contributed by atoms with Gasteiger partial charge in [0.25, 0.3) is 5.91 Å². The van der Waals surface area contributed by atoms with E-state index in [0.717, 1.165) is 15.3 Å². The van der Waals surface area contributed by atoms with Gasteiger partial charge in [-0.25, -0.2) is 9.69 Å². The zero-order valence-corrected chi connectivity index (χ0v) is 18.8. The number of hydrogen-bond acceptors (Lipinski definition) is 6. The average molecular weight is 463 g/mol. The van der Waals surface area contributed by atoms with E-state index in [9.17, 15) is 19.2 Å². The second kappa shape index (κ2) is 9.79. The summed E-state index contributed by atoms with van der Waals surface area (Å²) >= 11 is 1.49. The van der Waals surface area contributed by atoms with Gasteiger partial charge in [-0.15, -0.1) is 11.3 Å². The molecule has 1 aliphatic rings. The standard InChI is InChI=1S/C25H22N2O5S/c1-32-25(31)18-9-11-19(12-10-18)27-23(29)15-21(24(27)30)26(16-20-8-5-13-33-20)22(28)14-17-6-3-2-4-7-17/h2-13,21H,14-16H2,1H3. The third-order valence-corrected chi connectivity index (χ3v) is 6.33. The van der Waals surface area contributed by atoms with Crippen molar-refractivity contribution in [2.45, 2.75) is 25.4 Å². The Morgan fingerprint density at radius 2 is 1.76 bits per heavy atom. The molecular formula is C25H22N2O5S. The zero-order chi connectivity index (χ0) is 23.4. The number of thiophene rings is 1. The molecule has 1 fully saturated rings. The molecule has 1 atom stereocenters. The van der Waals surface area contributed by atoms with Crippen LogP contribution in [-0.4, -0.2) is 41.7 Å². The van der Waals surface area contributed by atoms with Crippen LogP contribution in [0.25, 0.3) is 0 Å². The Hall–Kier alpha value is -3.78. The van der Waals surface area contributed by atoms with Crippen LogP contribution >= 0.6 is 11.3 Å². The Morgan fingerprint density at radius 3 is 2.39 bits per heavy atom. The van der Waals surface area contributed by atoms with Gasteiger partial charge >= 0.3 is 5.97 Å². The first-order chi connectivity index (χ1) is 16.0. The van der Waals surface area contributed by atoms with Gasteiger partial charge in [0.05, 0.1) is 37.7 Å². The molecule has 1 saturated heterocycles. The fraction of sp³-hybridized carbons (Fsp3) is 0.200. The summed E-state index contributed by atoms with van der Waals surface area (Å²) in [4.78, 5) is 54.6. The first kappa shape index (κ1) is 22.4. The quantitative estimate of drug-likeness (QED) is 0.397. The highest BCUT2D eigenvalue weighted by Gasteiger charge is 2.44. The van der Waals surface area contributed by atoms with Crippen LogP contribution in [0.15, 0.2) is 72.1 Å². The molecule has 0 saturated carbocycles. The number of rotatable bonds is 7. The maximum Gasteiger partial charge on any atom is 0.337 e. The first-order valence-corrected chi connectivity index (χ1v) is 11.3. The summed E-state index contributed by atoms with van der Waals surface area (Å²) in [5.41, 5.74) is 1.51. The summed E-state index contributed by atoms with van der Waals surface area (Å²) in [5.74, 6) is -1.57. The molecule has 0 spiro atoms. The van der Waals surface area contributed by atoms with E-state index in [0.29, 0.717) is 11.3 Å². The average Bonchev–Trinajstić information content (AvgIpc) is 3.45. The van der Waals surface area contributed by atoms with Gasteiger partial charge in [-0.2, -0.15) is 0 Å². The highest BCUT2D eigenvalue weighted by molar-refractivity contribution is 7.09. The van der Waals surface area contributed by atoms with E-state index in [1.807, 2.05) is 47.8 Å². The smallest absolute Gasteiger partial charge is 0.337 e. The second-order valence-corrected chi connectivity index (χ2v) is 8.62. The van der Waals surface area contributed by atoms with Gasteiger partial charge in [-0.1, -0.05) is 36.4 Å². The van der Waals surface area contributed by atoms with Gasteiger partial charge in [0.15, 0.2) is 0 Å². The molecule has 3 aromatic rings. The van der Waals surface area contributed by atoms with Gasteiger partial charge in [-0.3, -0.25) is 14.4 Å². The van der Waals surface area contributed by atoms with Crippen LogP contribution in [0.1, 0.15) is 27.2 Å². The van der Waals surface area contributed by atoms with E-state index in [1.165, 1.54) is 47.6 Å². The van der Waals surface area contributed by atoms with Crippen molar-refractivity contribution >= 4 is 40.7 Å². The van der Waals surface area contributed by atoms with E-state index in [2.05, 4.69) is 4.74 Å². The van der Waals surface area contributed by atoms with E-state index < -0.39 is 17.9 Å².